The molecule has 2 heterocycles. The van der Waals surface area contributed by atoms with Crippen molar-refractivity contribution in [2.75, 3.05) is 33.8 Å². The Hall–Kier alpha value is -1.10. The lowest BCUT2D eigenvalue weighted by Gasteiger charge is -2.46. The Labute approximate surface area is 121 Å². The summed E-state index contributed by atoms with van der Waals surface area (Å²) in [5.41, 5.74) is -0.0958. The van der Waals surface area contributed by atoms with Gasteiger partial charge in [-0.1, -0.05) is 0 Å². The first-order valence-electron chi connectivity index (χ1n) is 7.51. The number of rotatable bonds is 2. The van der Waals surface area contributed by atoms with Gasteiger partial charge in [-0.15, -0.1) is 0 Å². The van der Waals surface area contributed by atoms with E-state index in [1.54, 1.807) is 11.8 Å². The SMILES string of the molecule is CC(=O)N1CCC2(CC1)CC(CC(=O)N(C)C)CCO2. The normalized spacial score (nSPS) is 25.6. The molecule has 0 aliphatic carbocycles. The molecule has 0 aromatic rings. The fraction of sp³-hybridized carbons (Fsp3) is 0.867. The fourth-order valence-electron chi connectivity index (χ4n) is 3.31. The lowest BCUT2D eigenvalue weighted by Crippen LogP contribution is -2.50. The zero-order chi connectivity index (χ0) is 14.8. The zero-order valence-electron chi connectivity index (χ0n) is 12.9. The molecule has 2 rings (SSSR count). The van der Waals surface area contributed by atoms with Crippen LogP contribution in [0.3, 0.4) is 0 Å². The van der Waals surface area contributed by atoms with Crippen LogP contribution in [0.15, 0.2) is 0 Å². The van der Waals surface area contributed by atoms with Crippen LogP contribution in [0.4, 0.5) is 0 Å². The molecule has 2 saturated heterocycles. The summed E-state index contributed by atoms with van der Waals surface area (Å²) in [6.45, 7) is 3.93. The third kappa shape index (κ3) is 3.51. The van der Waals surface area contributed by atoms with E-state index in [-0.39, 0.29) is 17.4 Å². The molecule has 0 radical (unpaired) electrons. The molecular formula is C15H26N2O3. The van der Waals surface area contributed by atoms with E-state index in [0.717, 1.165) is 45.4 Å². The highest BCUT2D eigenvalue weighted by Gasteiger charge is 2.41. The minimum Gasteiger partial charge on any atom is -0.375 e. The van der Waals surface area contributed by atoms with E-state index in [0.29, 0.717) is 12.3 Å². The van der Waals surface area contributed by atoms with Crippen LogP contribution in [-0.4, -0.2) is 61.0 Å². The van der Waals surface area contributed by atoms with Crippen molar-refractivity contribution >= 4 is 11.8 Å². The summed E-state index contributed by atoms with van der Waals surface area (Å²) in [6.07, 6.45) is 4.35. The molecule has 20 heavy (non-hydrogen) atoms. The lowest BCUT2D eigenvalue weighted by molar-refractivity contribution is -0.148. The minimum atomic E-state index is -0.0958. The van der Waals surface area contributed by atoms with E-state index < -0.39 is 0 Å². The number of hydrogen-bond acceptors (Lipinski definition) is 3. The second kappa shape index (κ2) is 6.12. The summed E-state index contributed by atoms with van der Waals surface area (Å²) in [6, 6.07) is 0. The molecule has 1 unspecified atom stereocenters. The topological polar surface area (TPSA) is 49.9 Å². The first-order valence-corrected chi connectivity index (χ1v) is 7.51. The zero-order valence-corrected chi connectivity index (χ0v) is 12.9. The summed E-state index contributed by atoms with van der Waals surface area (Å²) in [7, 11) is 3.62. The third-order valence-corrected chi connectivity index (χ3v) is 4.68. The van der Waals surface area contributed by atoms with E-state index in [4.69, 9.17) is 4.74 Å². The van der Waals surface area contributed by atoms with Gasteiger partial charge in [0.15, 0.2) is 0 Å². The largest absolute Gasteiger partial charge is 0.375 e. The van der Waals surface area contributed by atoms with E-state index in [2.05, 4.69) is 0 Å². The Morgan fingerprint density at radius 3 is 2.50 bits per heavy atom. The van der Waals surface area contributed by atoms with Gasteiger partial charge in [-0.3, -0.25) is 9.59 Å². The highest BCUT2D eigenvalue weighted by Crippen LogP contribution is 2.38. The van der Waals surface area contributed by atoms with E-state index in [1.807, 2.05) is 19.0 Å². The fourth-order valence-corrected chi connectivity index (χ4v) is 3.31. The molecule has 114 valence electrons. The molecule has 2 aliphatic rings. The summed E-state index contributed by atoms with van der Waals surface area (Å²) >= 11 is 0. The standard InChI is InChI=1S/C15H26N2O3/c1-12(18)17-7-5-15(6-8-17)11-13(4-9-20-15)10-14(19)16(2)3/h13H,4-11H2,1-3H3. The third-order valence-electron chi connectivity index (χ3n) is 4.68. The van der Waals surface area contributed by atoms with Gasteiger partial charge in [0.2, 0.25) is 11.8 Å². The van der Waals surface area contributed by atoms with Crippen LogP contribution in [0.1, 0.15) is 39.0 Å². The van der Waals surface area contributed by atoms with Gasteiger partial charge >= 0.3 is 0 Å². The number of hydrogen-bond donors (Lipinski definition) is 0. The van der Waals surface area contributed by atoms with Crippen LogP contribution < -0.4 is 0 Å². The molecule has 0 bridgehead atoms. The molecule has 2 amide bonds. The van der Waals surface area contributed by atoms with Crippen molar-refractivity contribution in [2.45, 2.75) is 44.6 Å². The van der Waals surface area contributed by atoms with Crippen LogP contribution in [0, 0.1) is 5.92 Å². The predicted molar refractivity (Wildman–Crippen MR) is 76.2 cm³/mol. The summed E-state index contributed by atoms with van der Waals surface area (Å²) in [5, 5.41) is 0. The van der Waals surface area contributed by atoms with Crippen molar-refractivity contribution in [3.63, 3.8) is 0 Å². The van der Waals surface area contributed by atoms with Gasteiger partial charge < -0.3 is 14.5 Å². The van der Waals surface area contributed by atoms with Gasteiger partial charge in [0.25, 0.3) is 0 Å². The van der Waals surface area contributed by atoms with Crippen molar-refractivity contribution < 1.29 is 14.3 Å². The van der Waals surface area contributed by atoms with E-state index in [9.17, 15) is 9.59 Å². The van der Waals surface area contributed by atoms with Crippen LogP contribution in [0.25, 0.3) is 0 Å². The van der Waals surface area contributed by atoms with Crippen molar-refractivity contribution in [3.8, 4) is 0 Å². The van der Waals surface area contributed by atoms with Gasteiger partial charge in [0.1, 0.15) is 0 Å². The molecule has 1 atom stereocenters. The van der Waals surface area contributed by atoms with Gasteiger partial charge in [0.05, 0.1) is 5.60 Å². The maximum absolute atomic E-state index is 11.9. The second-order valence-electron chi connectivity index (χ2n) is 6.39. The molecule has 2 fully saturated rings. The van der Waals surface area contributed by atoms with Crippen molar-refractivity contribution in [2.24, 2.45) is 5.92 Å². The summed E-state index contributed by atoms with van der Waals surface area (Å²) in [5.74, 6) is 0.769. The van der Waals surface area contributed by atoms with Gasteiger partial charge in [-0.2, -0.15) is 0 Å². The maximum atomic E-state index is 11.9. The van der Waals surface area contributed by atoms with Crippen LogP contribution in [0.5, 0.6) is 0 Å². The minimum absolute atomic E-state index is 0.0958. The molecule has 5 heteroatoms. The maximum Gasteiger partial charge on any atom is 0.222 e. The summed E-state index contributed by atoms with van der Waals surface area (Å²) in [4.78, 5) is 26.8. The molecule has 0 aromatic heterocycles. The predicted octanol–water partition coefficient (Wildman–Crippen LogP) is 1.27. The highest BCUT2D eigenvalue weighted by atomic mass is 16.5. The van der Waals surface area contributed by atoms with Crippen LogP contribution in [0.2, 0.25) is 0 Å². The highest BCUT2D eigenvalue weighted by molar-refractivity contribution is 5.75. The number of likely N-dealkylation sites (tertiary alicyclic amines) is 1. The smallest absolute Gasteiger partial charge is 0.222 e. The Bertz CT molecular complexity index is 373. The molecular weight excluding hydrogens is 256 g/mol. The number of ether oxygens (including phenoxy) is 1. The molecule has 0 aromatic carbocycles. The molecule has 0 N–H and O–H groups in total. The quantitative estimate of drug-likeness (QED) is 0.766. The van der Waals surface area contributed by atoms with Crippen molar-refractivity contribution in [1.82, 2.24) is 9.80 Å². The van der Waals surface area contributed by atoms with E-state index >= 15 is 0 Å². The first kappa shape index (κ1) is 15.3. The number of carbonyl (C=O) groups is 2. The average Bonchev–Trinajstić information content (AvgIpc) is 2.39. The molecule has 5 nitrogen and oxygen atoms in total. The van der Waals surface area contributed by atoms with Crippen molar-refractivity contribution in [3.05, 3.63) is 0 Å². The van der Waals surface area contributed by atoms with E-state index in [1.165, 1.54) is 0 Å². The van der Waals surface area contributed by atoms with Gasteiger partial charge in [0, 0.05) is 47.1 Å². The lowest BCUT2D eigenvalue weighted by atomic mass is 9.78. The Morgan fingerprint density at radius 1 is 1.30 bits per heavy atom. The monoisotopic (exact) mass is 282 g/mol. The average molecular weight is 282 g/mol. The second-order valence-corrected chi connectivity index (χ2v) is 6.39. The number of carbonyl (C=O) groups excluding carboxylic acids is 2. The Balaban J connectivity index is 1.90. The molecule has 1 spiro atoms. The first-order chi connectivity index (χ1) is 9.42. The van der Waals surface area contributed by atoms with Crippen LogP contribution >= 0.6 is 0 Å². The number of piperidine rings is 1. The van der Waals surface area contributed by atoms with Crippen LogP contribution in [-0.2, 0) is 14.3 Å². The van der Waals surface area contributed by atoms with Gasteiger partial charge in [-0.05, 0) is 31.6 Å². The molecule has 2 aliphatic heterocycles. The number of nitrogens with zero attached hydrogens (tertiary/aromatic N) is 2. The number of amides is 2. The molecule has 0 saturated carbocycles. The van der Waals surface area contributed by atoms with Gasteiger partial charge in [-0.25, -0.2) is 0 Å². The van der Waals surface area contributed by atoms with Crippen molar-refractivity contribution in [1.29, 1.82) is 0 Å². The Morgan fingerprint density at radius 2 is 1.95 bits per heavy atom. The summed E-state index contributed by atoms with van der Waals surface area (Å²) < 4.78 is 6.04. The Kier molecular flexibility index (Phi) is 4.68.